The maximum atomic E-state index is 5.31. The number of hydrogen-bond donors (Lipinski definition) is 0. The highest BCUT2D eigenvalue weighted by molar-refractivity contribution is 4.74. The van der Waals surface area contributed by atoms with Crippen molar-refractivity contribution in [2.45, 2.75) is 39.2 Å². The minimum atomic E-state index is 0.547. The van der Waals surface area contributed by atoms with Gasteiger partial charge in [-0.05, 0) is 31.1 Å². The topological polar surface area (TPSA) is 9.23 Å². The summed E-state index contributed by atoms with van der Waals surface area (Å²) in [5.74, 6) is 1.77. The molecule has 0 unspecified atom stereocenters. The van der Waals surface area contributed by atoms with Gasteiger partial charge in [-0.1, -0.05) is 13.8 Å². The molecule has 0 saturated heterocycles. The Morgan fingerprint density at radius 1 is 1.10 bits per heavy atom. The first-order valence-electron chi connectivity index (χ1n) is 4.26. The lowest BCUT2D eigenvalue weighted by Crippen LogP contribution is -2.25. The molecule has 0 aliphatic heterocycles. The second-order valence-corrected chi connectivity index (χ2v) is 3.63. The first kappa shape index (κ1) is 8.06. The standard InChI is InChI=1S/C9H18O/c1-7-4-5-9(10-3)6-8(7)2/h7-9H,4-6H2,1-3H3/t7-,8-,9-/m1/s1. The van der Waals surface area contributed by atoms with Gasteiger partial charge in [0.2, 0.25) is 0 Å². The van der Waals surface area contributed by atoms with Crippen molar-refractivity contribution in [3.05, 3.63) is 0 Å². The maximum Gasteiger partial charge on any atom is 0.0574 e. The van der Waals surface area contributed by atoms with E-state index in [0.717, 1.165) is 11.8 Å². The number of methoxy groups -OCH3 is 1. The molecule has 0 bridgehead atoms. The highest BCUT2D eigenvalue weighted by atomic mass is 16.5. The molecule has 3 atom stereocenters. The third-order valence-electron chi connectivity index (χ3n) is 2.88. The van der Waals surface area contributed by atoms with E-state index in [-0.39, 0.29) is 0 Å². The fourth-order valence-electron chi connectivity index (χ4n) is 1.71. The molecule has 0 aromatic heterocycles. The van der Waals surface area contributed by atoms with Gasteiger partial charge >= 0.3 is 0 Å². The van der Waals surface area contributed by atoms with E-state index in [9.17, 15) is 0 Å². The van der Waals surface area contributed by atoms with E-state index in [1.165, 1.54) is 19.3 Å². The fourth-order valence-corrected chi connectivity index (χ4v) is 1.71. The summed E-state index contributed by atoms with van der Waals surface area (Å²) in [7, 11) is 1.83. The Labute approximate surface area is 63.8 Å². The van der Waals surface area contributed by atoms with E-state index in [1.54, 1.807) is 0 Å². The summed E-state index contributed by atoms with van der Waals surface area (Å²) < 4.78 is 5.31. The molecule has 1 fully saturated rings. The third-order valence-corrected chi connectivity index (χ3v) is 2.88. The molecule has 0 N–H and O–H groups in total. The van der Waals surface area contributed by atoms with Crippen molar-refractivity contribution in [1.29, 1.82) is 0 Å². The summed E-state index contributed by atoms with van der Waals surface area (Å²) in [6.45, 7) is 4.67. The van der Waals surface area contributed by atoms with Crippen molar-refractivity contribution >= 4 is 0 Å². The SMILES string of the molecule is CO[C@@H]1CC[C@@H](C)[C@H](C)C1. The monoisotopic (exact) mass is 142 g/mol. The number of rotatable bonds is 1. The lowest BCUT2D eigenvalue weighted by Gasteiger charge is -2.30. The smallest absolute Gasteiger partial charge is 0.0574 e. The summed E-state index contributed by atoms with van der Waals surface area (Å²) in [6.07, 6.45) is 4.42. The molecule has 1 rings (SSSR count). The lowest BCUT2D eigenvalue weighted by molar-refractivity contribution is 0.0368. The zero-order chi connectivity index (χ0) is 7.56. The van der Waals surface area contributed by atoms with Crippen LogP contribution in [0, 0.1) is 11.8 Å². The Morgan fingerprint density at radius 3 is 2.30 bits per heavy atom. The van der Waals surface area contributed by atoms with Crippen molar-refractivity contribution in [3.8, 4) is 0 Å². The molecule has 1 saturated carbocycles. The summed E-state index contributed by atoms with van der Waals surface area (Å²) in [6, 6.07) is 0. The van der Waals surface area contributed by atoms with E-state index in [4.69, 9.17) is 4.74 Å². The summed E-state index contributed by atoms with van der Waals surface area (Å²) in [4.78, 5) is 0. The Bertz CT molecular complexity index is 101. The number of ether oxygens (including phenoxy) is 1. The molecule has 0 amide bonds. The molecular weight excluding hydrogens is 124 g/mol. The second kappa shape index (κ2) is 3.38. The first-order valence-corrected chi connectivity index (χ1v) is 4.26. The molecule has 1 aliphatic rings. The molecule has 1 nitrogen and oxygen atoms in total. The van der Waals surface area contributed by atoms with Crippen LogP contribution in [0.15, 0.2) is 0 Å². The van der Waals surface area contributed by atoms with Crippen LogP contribution in [0.3, 0.4) is 0 Å². The van der Waals surface area contributed by atoms with Gasteiger partial charge in [-0.25, -0.2) is 0 Å². The van der Waals surface area contributed by atoms with Crippen LogP contribution in [-0.2, 0) is 4.74 Å². The predicted octanol–water partition coefficient (Wildman–Crippen LogP) is 2.46. The molecule has 0 radical (unpaired) electrons. The largest absolute Gasteiger partial charge is 0.381 e. The molecule has 0 spiro atoms. The van der Waals surface area contributed by atoms with Gasteiger partial charge in [-0.15, -0.1) is 0 Å². The highest BCUT2D eigenvalue weighted by Gasteiger charge is 2.23. The van der Waals surface area contributed by atoms with Crippen LogP contribution < -0.4 is 0 Å². The minimum Gasteiger partial charge on any atom is -0.381 e. The molecular formula is C9H18O. The van der Waals surface area contributed by atoms with E-state index in [2.05, 4.69) is 13.8 Å². The van der Waals surface area contributed by atoms with Gasteiger partial charge in [-0.2, -0.15) is 0 Å². The lowest BCUT2D eigenvalue weighted by atomic mass is 9.80. The molecule has 0 aromatic carbocycles. The van der Waals surface area contributed by atoms with Gasteiger partial charge in [0.05, 0.1) is 6.10 Å². The van der Waals surface area contributed by atoms with Gasteiger partial charge < -0.3 is 4.74 Å². The van der Waals surface area contributed by atoms with E-state index < -0.39 is 0 Å². The first-order chi connectivity index (χ1) is 4.74. The van der Waals surface area contributed by atoms with Gasteiger partial charge in [-0.3, -0.25) is 0 Å². The molecule has 1 heteroatoms. The molecule has 0 heterocycles. The molecule has 60 valence electrons. The van der Waals surface area contributed by atoms with Gasteiger partial charge in [0.15, 0.2) is 0 Å². The van der Waals surface area contributed by atoms with Gasteiger partial charge in [0, 0.05) is 7.11 Å². The predicted molar refractivity (Wildman–Crippen MR) is 43.0 cm³/mol. The Kier molecular flexibility index (Phi) is 2.72. The summed E-state index contributed by atoms with van der Waals surface area (Å²) >= 11 is 0. The maximum absolute atomic E-state index is 5.31. The third kappa shape index (κ3) is 1.72. The quantitative estimate of drug-likeness (QED) is 0.546. The van der Waals surface area contributed by atoms with Crippen molar-refractivity contribution in [3.63, 3.8) is 0 Å². The minimum absolute atomic E-state index is 0.547. The molecule has 1 aliphatic carbocycles. The Balaban J connectivity index is 2.33. The zero-order valence-electron chi connectivity index (χ0n) is 7.26. The average molecular weight is 142 g/mol. The highest BCUT2D eigenvalue weighted by Crippen LogP contribution is 2.30. The van der Waals surface area contributed by atoms with Crippen LogP contribution in [0.25, 0.3) is 0 Å². The summed E-state index contributed by atoms with van der Waals surface area (Å²) in [5.41, 5.74) is 0. The Morgan fingerprint density at radius 2 is 1.80 bits per heavy atom. The number of hydrogen-bond acceptors (Lipinski definition) is 1. The van der Waals surface area contributed by atoms with Gasteiger partial charge in [0.1, 0.15) is 0 Å². The van der Waals surface area contributed by atoms with Crippen molar-refractivity contribution in [2.24, 2.45) is 11.8 Å². The molecule has 0 aromatic rings. The van der Waals surface area contributed by atoms with Crippen LogP contribution in [0.2, 0.25) is 0 Å². The Hall–Kier alpha value is -0.0400. The fraction of sp³-hybridized carbons (Fsp3) is 1.00. The van der Waals surface area contributed by atoms with E-state index in [1.807, 2.05) is 7.11 Å². The van der Waals surface area contributed by atoms with Gasteiger partial charge in [0.25, 0.3) is 0 Å². The summed E-state index contributed by atoms with van der Waals surface area (Å²) in [5, 5.41) is 0. The van der Waals surface area contributed by atoms with Crippen LogP contribution >= 0.6 is 0 Å². The van der Waals surface area contributed by atoms with E-state index >= 15 is 0 Å². The van der Waals surface area contributed by atoms with E-state index in [0.29, 0.717) is 6.10 Å². The average Bonchev–Trinajstić information content (AvgIpc) is 1.95. The van der Waals surface area contributed by atoms with Crippen molar-refractivity contribution in [1.82, 2.24) is 0 Å². The second-order valence-electron chi connectivity index (χ2n) is 3.63. The van der Waals surface area contributed by atoms with Crippen molar-refractivity contribution < 1.29 is 4.74 Å². The van der Waals surface area contributed by atoms with Crippen LogP contribution in [-0.4, -0.2) is 13.2 Å². The van der Waals surface area contributed by atoms with Crippen molar-refractivity contribution in [2.75, 3.05) is 7.11 Å². The molecule has 10 heavy (non-hydrogen) atoms. The van der Waals surface area contributed by atoms with Crippen LogP contribution in [0.4, 0.5) is 0 Å². The zero-order valence-corrected chi connectivity index (χ0v) is 7.26. The van der Waals surface area contributed by atoms with Crippen LogP contribution in [0.5, 0.6) is 0 Å². The normalized spacial score (nSPS) is 41.7. The van der Waals surface area contributed by atoms with Crippen LogP contribution in [0.1, 0.15) is 33.1 Å².